The van der Waals surface area contributed by atoms with Crippen molar-refractivity contribution in [2.45, 2.75) is 45.2 Å². The maximum absolute atomic E-state index is 12.0. The summed E-state index contributed by atoms with van der Waals surface area (Å²) in [4.78, 5) is 25.0. The second-order valence-electron chi connectivity index (χ2n) is 4.30. The number of rotatable bonds is 3. The van der Waals surface area contributed by atoms with Crippen LogP contribution in [-0.4, -0.2) is 41.2 Å². The first-order valence-electron chi connectivity index (χ1n) is 5.72. The lowest BCUT2D eigenvalue weighted by Gasteiger charge is -2.35. The molecule has 0 spiro atoms. The fourth-order valence-electron chi connectivity index (χ4n) is 2.02. The maximum atomic E-state index is 12.0. The van der Waals surface area contributed by atoms with Gasteiger partial charge in [0.05, 0.1) is 0 Å². The molecule has 4 nitrogen and oxygen atoms in total. The third-order valence-electron chi connectivity index (χ3n) is 2.96. The number of amides is 2. The van der Waals surface area contributed by atoms with Gasteiger partial charge in [0, 0.05) is 12.6 Å². The zero-order chi connectivity index (χ0) is 12.1. The van der Waals surface area contributed by atoms with E-state index in [2.05, 4.69) is 5.32 Å². The number of halogens is 1. The van der Waals surface area contributed by atoms with Crippen molar-refractivity contribution in [3.05, 3.63) is 0 Å². The van der Waals surface area contributed by atoms with Gasteiger partial charge in [0.2, 0.25) is 11.8 Å². The third-order valence-corrected chi connectivity index (χ3v) is 3.20. The maximum Gasteiger partial charge on any atom is 0.245 e. The van der Waals surface area contributed by atoms with E-state index in [0.29, 0.717) is 0 Å². The summed E-state index contributed by atoms with van der Waals surface area (Å²) in [6.45, 7) is 4.54. The molecule has 1 saturated heterocycles. The highest BCUT2D eigenvalue weighted by Crippen LogP contribution is 2.17. The van der Waals surface area contributed by atoms with E-state index in [-0.39, 0.29) is 23.7 Å². The van der Waals surface area contributed by atoms with E-state index in [1.54, 1.807) is 6.92 Å². The van der Waals surface area contributed by atoms with Crippen molar-refractivity contribution in [2.75, 3.05) is 12.4 Å². The van der Waals surface area contributed by atoms with E-state index in [1.807, 2.05) is 11.8 Å². The Bertz CT molecular complexity index is 271. The standard InChI is InChI=1S/C11H19ClN2O2/c1-8-5-3-4-6-14(8)11(16)9(2)13-10(15)7-12/h8-9H,3-7H2,1-2H3,(H,13,15). The topological polar surface area (TPSA) is 49.4 Å². The first-order chi connectivity index (χ1) is 7.56. The molecule has 1 rings (SSSR count). The molecule has 2 atom stereocenters. The number of carbonyl (C=O) groups is 2. The lowest BCUT2D eigenvalue weighted by atomic mass is 10.0. The summed E-state index contributed by atoms with van der Waals surface area (Å²) in [5.74, 6) is -0.412. The van der Waals surface area contributed by atoms with E-state index in [1.165, 1.54) is 6.42 Å². The molecule has 2 amide bonds. The summed E-state index contributed by atoms with van der Waals surface area (Å²) in [7, 11) is 0. The van der Waals surface area contributed by atoms with Crippen LogP contribution in [0, 0.1) is 0 Å². The van der Waals surface area contributed by atoms with Gasteiger partial charge in [0.25, 0.3) is 0 Å². The van der Waals surface area contributed by atoms with Gasteiger partial charge in [-0.3, -0.25) is 9.59 Å². The van der Waals surface area contributed by atoms with E-state index >= 15 is 0 Å². The number of alkyl halides is 1. The average Bonchev–Trinajstić information content (AvgIpc) is 2.28. The normalized spacial score (nSPS) is 22.7. The zero-order valence-electron chi connectivity index (χ0n) is 9.83. The van der Waals surface area contributed by atoms with Gasteiger partial charge < -0.3 is 10.2 Å². The highest BCUT2D eigenvalue weighted by atomic mass is 35.5. The summed E-state index contributed by atoms with van der Waals surface area (Å²) in [6.07, 6.45) is 3.27. The van der Waals surface area contributed by atoms with E-state index < -0.39 is 6.04 Å². The van der Waals surface area contributed by atoms with Gasteiger partial charge in [-0.15, -0.1) is 11.6 Å². The summed E-state index contributed by atoms with van der Waals surface area (Å²) in [5, 5.41) is 2.59. The number of hydrogen-bond donors (Lipinski definition) is 1. The average molecular weight is 247 g/mol. The largest absolute Gasteiger partial charge is 0.344 e. The second-order valence-corrected chi connectivity index (χ2v) is 4.57. The molecule has 0 aliphatic carbocycles. The summed E-state index contributed by atoms with van der Waals surface area (Å²) in [6, 6.07) is -0.205. The van der Waals surface area contributed by atoms with Gasteiger partial charge in [-0.1, -0.05) is 0 Å². The quantitative estimate of drug-likeness (QED) is 0.759. The van der Waals surface area contributed by atoms with Crippen LogP contribution in [0.15, 0.2) is 0 Å². The highest BCUT2D eigenvalue weighted by molar-refractivity contribution is 6.27. The predicted molar refractivity (Wildman–Crippen MR) is 63.4 cm³/mol. The first kappa shape index (κ1) is 13.3. The minimum Gasteiger partial charge on any atom is -0.344 e. The van der Waals surface area contributed by atoms with Crippen LogP contribution in [0.1, 0.15) is 33.1 Å². The van der Waals surface area contributed by atoms with Crippen molar-refractivity contribution in [3.63, 3.8) is 0 Å². The smallest absolute Gasteiger partial charge is 0.245 e. The van der Waals surface area contributed by atoms with Crippen LogP contribution in [0.3, 0.4) is 0 Å². The molecule has 92 valence electrons. The van der Waals surface area contributed by atoms with Crippen molar-refractivity contribution in [1.82, 2.24) is 10.2 Å². The molecule has 1 N–H and O–H groups in total. The summed E-state index contributed by atoms with van der Waals surface area (Å²) < 4.78 is 0. The Morgan fingerprint density at radius 3 is 2.75 bits per heavy atom. The van der Waals surface area contributed by atoms with Gasteiger partial charge in [-0.2, -0.15) is 0 Å². The number of hydrogen-bond acceptors (Lipinski definition) is 2. The van der Waals surface area contributed by atoms with Crippen LogP contribution in [0.2, 0.25) is 0 Å². The molecule has 0 aromatic heterocycles. The van der Waals surface area contributed by atoms with Crippen molar-refractivity contribution >= 4 is 23.4 Å². The molecule has 0 saturated carbocycles. The monoisotopic (exact) mass is 246 g/mol. The van der Waals surface area contributed by atoms with Crippen LogP contribution < -0.4 is 5.32 Å². The highest BCUT2D eigenvalue weighted by Gasteiger charge is 2.27. The van der Waals surface area contributed by atoms with Gasteiger partial charge in [0.1, 0.15) is 11.9 Å². The Morgan fingerprint density at radius 1 is 1.50 bits per heavy atom. The van der Waals surface area contributed by atoms with Gasteiger partial charge >= 0.3 is 0 Å². The third kappa shape index (κ3) is 3.37. The lowest BCUT2D eigenvalue weighted by molar-refractivity contribution is -0.138. The first-order valence-corrected chi connectivity index (χ1v) is 6.25. The molecule has 0 aromatic carbocycles. The van der Waals surface area contributed by atoms with Gasteiger partial charge in [-0.25, -0.2) is 0 Å². The Balaban J connectivity index is 2.51. The van der Waals surface area contributed by atoms with Crippen LogP contribution in [0.4, 0.5) is 0 Å². The van der Waals surface area contributed by atoms with Crippen molar-refractivity contribution < 1.29 is 9.59 Å². The number of piperidine rings is 1. The fourth-order valence-corrected chi connectivity index (χ4v) is 2.09. The van der Waals surface area contributed by atoms with Crippen molar-refractivity contribution in [1.29, 1.82) is 0 Å². The number of carbonyl (C=O) groups excluding carboxylic acids is 2. The number of nitrogens with one attached hydrogen (secondary N) is 1. The zero-order valence-corrected chi connectivity index (χ0v) is 10.6. The van der Waals surface area contributed by atoms with Crippen LogP contribution in [0.5, 0.6) is 0 Å². The number of nitrogens with zero attached hydrogens (tertiary/aromatic N) is 1. The molecule has 5 heteroatoms. The number of likely N-dealkylation sites (tertiary alicyclic amines) is 1. The molecular weight excluding hydrogens is 228 g/mol. The Kier molecular flexibility index (Phi) is 5.06. The van der Waals surface area contributed by atoms with Crippen LogP contribution in [0.25, 0.3) is 0 Å². The van der Waals surface area contributed by atoms with Gasteiger partial charge in [0.15, 0.2) is 0 Å². The van der Waals surface area contributed by atoms with Crippen molar-refractivity contribution in [3.8, 4) is 0 Å². The summed E-state index contributed by atoms with van der Waals surface area (Å²) in [5.41, 5.74) is 0. The van der Waals surface area contributed by atoms with E-state index in [4.69, 9.17) is 11.6 Å². The fraction of sp³-hybridized carbons (Fsp3) is 0.818. The lowest BCUT2D eigenvalue weighted by Crippen LogP contribution is -2.51. The van der Waals surface area contributed by atoms with E-state index in [0.717, 1.165) is 19.4 Å². The predicted octanol–water partition coefficient (Wildman–Crippen LogP) is 1.13. The van der Waals surface area contributed by atoms with Crippen LogP contribution >= 0.6 is 11.6 Å². The molecular formula is C11H19ClN2O2. The Hall–Kier alpha value is -0.770. The minimum absolute atomic E-state index is 0.00864. The molecule has 2 unspecified atom stereocenters. The Morgan fingerprint density at radius 2 is 2.19 bits per heavy atom. The molecule has 0 radical (unpaired) electrons. The second kappa shape index (κ2) is 6.09. The minimum atomic E-state index is -0.480. The summed E-state index contributed by atoms with van der Waals surface area (Å²) >= 11 is 5.38. The SMILES string of the molecule is CC(NC(=O)CCl)C(=O)N1CCCCC1C. The molecule has 0 bridgehead atoms. The molecule has 1 aliphatic heterocycles. The molecule has 0 aromatic rings. The van der Waals surface area contributed by atoms with Crippen LogP contribution in [-0.2, 0) is 9.59 Å². The molecule has 1 heterocycles. The molecule has 1 fully saturated rings. The Labute approximate surface area is 101 Å². The van der Waals surface area contributed by atoms with Crippen molar-refractivity contribution in [2.24, 2.45) is 0 Å². The molecule has 16 heavy (non-hydrogen) atoms. The van der Waals surface area contributed by atoms with Gasteiger partial charge in [-0.05, 0) is 33.1 Å². The van der Waals surface area contributed by atoms with E-state index in [9.17, 15) is 9.59 Å². The molecule has 1 aliphatic rings.